The largest absolute Gasteiger partial charge is 0.394 e. The summed E-state index contributed by atoms with van der Waals surface area (Å²) in [6.45, 7) is 1.62. The van der Waals surface area contributed by atoms with Crippen molar-refractivity contribution in [2.24, 2.45) is 7.05 Å². The molecule has 0 aliphatic carbocycles. The number of nitrogens with one attached hydrogen (secondary N) is 2. The minimum atomic E-state index is -3.70. The molecule has 0 spiro atoms. The summed E-state index contributed by atoms with van der Waals surface area (Å²) in [7, 11) is -2.11. The van der Waals surface area contributed by atoms with Crippen molar-refractivity contribution in [3.8, 4) is 0 Å². The lowest BCUT2D eigenvalue weighted by molar-refractivity contribution is 0.599. The van der Waals surface area contributed by atoms with Gasteiger partial charge in [-0.1, -0.05) is 0 Å². The van der Waals surface area contributed by atoms with E-state index in [4.69, 9.17) is 5.73 Å². The molecule has 2 aromatic heterocycles. The Morgan fingerprint density at radius 3 is 2.65 bits per heavy atom. The van der Waals surface area contributed by atoms with E-state index >= 15 is 0 Å². The fourth-order valence-electron chi connectivity index (χ4n) is 1.37. The van der Waals surface area contributed by atoms with Crippen LogP contribution >= 0.6 is 0 Å². The second-order valence-corrected chi connectivity index (χ2v) is 5.19. The van der Waals surface area contributed by atoms with Crippen LogP contribution in [0.3, 0.4) is 0 Å². The molecule has 0 radical (unpaired) electrons. The van der Waals surface area contributed by atoms with E-state index in [1.165, 1.54) is 17.1 Å². The molecule has 0 atom stereocenters. The summed E-state index contributed by atoms with van der Waals surface area (Å²) >= 11 is 0. The van der Waals surface area contributed by atoms with Crippen molar-refractivity contribution in [3.05, 3.63) is 18.1 Å². The summed E-state index contributed by atoms with van der Waals surface area (Å²) in [6, 6.07) is 0. The van der Waals surface area contributed by atoms with Crippen molar-refractivity contribution in [1.82, 2.24) is 20.0 Å². The molecule has 0 aliphatic heterocycles. The molecule has 0 bridgehead atoms. The van der Waals surface area contributed by atoms with Crippen LogP contribution in [-0.4, -0.2) is 28.4 Å². The third-order valence-electron chi connectivity index (χ3n) is 2.27. The van der Waals surface area contributed by atoms with Crippen molar-refractivity contribution in [2.45, 2.75) is 11.8 Å². The molecule has 0 saturated carbocycles. The fraction of sp³-hybridized carbons (Fsp3) is 0.250. The van der Waals surface area contributed by atoms with E-state index in [9.17, 15) is 8.42 Å². The molecule has 92 valence electrons. The van der Waals surface area contributed by atoms with Gasteiger partial charge in [-0.05, 0) is 6.92 Å². The monoisotopic (exact) mass is 256 g/mol. The third-order valence-corrected chi connectivity index (χ3v) is 3.72. The number of anilines is 2. The number of nitrogens with zero attached hydrogens (tertiary/aromatic N) is 3. The van der Waals surface area contributed by atoms with E-state index in [-0.39, 0.29) is 16.4 Å². The Balaban J connectivity index is 2.40. The first-order valence-corrected chi connectivity index (χ1v) is 6.20. The molecule has 0 unspecified atom stereocenters. The van der Waals surface area contributed by atoms with Crippen LogP contribution in [-0.2, 0) is 17.1 Å². The van der Waals surface area contributed by atoms with Gasteiger partial charge >= 0.3 is 0 Å². The molecule has 0 fully saturated rings. The smallest absolute Gasteiger partial charge is 0.266 e. The standard InChI is InChI=1S/C8H12N6O2S/c1-5-7(4-10-12-5)17(15,16)13-8-6(9)3-11-14(8)2/h3-4,13H,9H2,1-2H3,(H,10,12). The first-order chi connectivity index (χ1) is 7.92. The van der Waals surface area contributed by atoms with Gasteiger partial charge in [0.05, 0.1) is 23.8 Å². The van der Waals surface area contributed by atoms with Crippen molar-refractivity contribution in [1.29, 1.82) is 0 Å². The van der Waals surface area contributed by atoms with E-state index in [0.717, 1.165) is 0 Å². The van der Waals surface area contributed by atoms with Crippen LogP contribution < -0.4 is 10.5 Å². The maximum Gasteiger partial charge on any atom is 0.266 e. The van der Waals surface area contributed by atoms with E-state index < -0.39 is 10.0 Å². The Morgan fingerprint density at radius 1 is 1.47 bits per heavy atom. The van der Waals surface area contributed by atoms with Crippen molar-refractivity contribution < 1.29 is 8.42 Å². The third kappa shape index (κ3) is 1.96. The topological polar surface area (TPSA) is 119 Å². The Labute approximate surface area is 97.9 Å². The summed E-state index contributed by atoms with van der Waals surface area (Å²) in [4.78, 5) is 0.0816. The number of aromatic amines is 1. The van der Waals surface area contributed by atoms with Crippen LogP contribution in [0.25, 0.3) is 0 Å². The normalized spacial score (nSPS) is 11.6. The van der Waals surface area contributed by atoms with Crippen LogP contribution in [0, 0.1) is 6.92 Å². The maximum absolute atomic E-state index is 12.0. The summed E-state index contributed by atoms with van der Waals surface area (Å²) in [5.41, 5.74) is 6.32. The van der Waals surface area contributed by atoms with E-state index in [1.54, 1.807) is 14.0 Å². The highest BCUT2D eigenvalue weighted by atomic mass is 32.2. The zero-order chi connectivity index (χ0) is 12.6. The molecule has 2 aromatic rings. The molecule has 0 saturated heterocycles. The number of nitrogen functional groups attached to an aromatic ring is 1. The fourth-order valence-corrected chi connectivity index (χ4v) is 2.63. The second kappa shape index (κ2) is 3.77. The van der Waals surface area contributed by atoms with Gasteiger partial charge in [0.2, 0.25) is 0 Å². The number of aromatic nitrogens is 4. The first-order valence-electron chi connectivity index (χ1n) is 4.72. The Kier molecular flexibility index (Phi) is 2.54. The molecule has 0 amide bonds. The lowest BCUT2D eigenvalue weighted by Crippen LogP contribution is -2.16. The van der Waals surface area contributed by atoms with E-state index in [2.05, 4.69) is 20.0 Å². The van der Waals surface area contributed by atoms with Gasteiger partial charge in [0.1, 0.15) is 4.90 Å². The number of aryl methyl sites for hydroxylation is 2. The average molecular weight is 256 g/mol. The number of hydrogen-bond acceptors (Lipinski definition) is 5. The molecule has 9 heteroatoms. The Bertz CT molecular complexity index is 621. The van der Waals surface area contributed by atoms with Gasteiger partial charge in [0.15, 0.2) is 5.82 Å². The number of rotatable bonds is 3. The van der Waals surface area contributed by atoms with Crippen LogP contribution in [0.15, 0.2) is 17.3 Å². The highest BCUT2D eigenvalue weighted by Gasteiger charge is 2.21. The average Bonchev–Trinajstić information content (AvgIpc) is 2.79. The first kappa shape index (κ1) is 11.5. The summed E-state index contributed by atoms with van der Waals surface area (Å²) in [5, 5.41) is 10.1. The maximum atomic E-state index is 12.0. The van der Waals surface area contributed by atoms with E-state index in [0.29, 0.717) is 5.69 Å². The minimum Gasteiger partial charge on any atom is -0.394 e. The molecule has 8 nitrogen and oxygen atoms in total. The van der Waals surface area contributed by atoms with Gasteiger partial charge in [0, 0.05) is 7.05 Å². The van der Waals surface area contributed by atoms with Gasteiger partial charge in [0.25, 0.3) is 10.0 Å². The molecule has 2 heterocycles. The summed E-state index contributed by atoms with van der Waals surface area (Å²) in [6.07, 6.45) is 2.62. The zero-order valence-corrected chi connectivity index (χ0v) is 10.1. The number of hydrogen-bond donors (Lipinski definition) is 3. The van der Waals surface area contributed by atoms with Gasteiger partial charge < -0.3 is 5.73 Å². The minimum absolute atomic E-state index is 0.0816. The predicted octanol–water partition coefficient (Wildman–Crippen LogP) is -0.165. The van der Waals surface area contributed by atoms with Crippen molar-refractivity contribution in [2.75, 3.05) is 10.5 Å². The van der Waals surface area contributed by atoms with Gasteiger partial charge in [-0.25, -0.2) is 8.42 Å². The number of nitrogens with two attached hydrogens (primary N) is 1. The molecule has 17 heavy (non-hydrogen) atoms. The Hall–Kier alpha value is -2.03. The molecule has 2 rings (SSSR count). The van der Waals surface area contributed by atoms with Crippen LogP contribution in [0.4, 0.5) is 11.5 Å². The van der Waals surface area contributed by atoms with Gasteiger partial charge in [-0.3, -0.25) is 14.5 Å². The van der Waals surface area contributed by atoms with Crippen LogP contribution in [0.2, 0.25) is 0 Å². The SMILES string of the molecule is Cc1[nH]ncc1S(=O)(=O)Nc1c(N)cnn1C. The molecular formula is C8H12N6O2S. The molecule has 0 aliphatic rings. The van der Waals surface area contributed by atoms with Gasteiger partial charge in [-0.15, -0.1) is 0 Å². The lowest BCUT2D eigenvalue weighted by Gasteiger charge is -2.07. The van der Waals surface area contributed by atoms with Gasteiger partial charge in [-0.2, -0.15) is 10.2 Å². The second-order valence-electron chi connectivity index (χ2n) is 3.54. The highest BCUT2D eigenvalue weighted by Crippen LogP contribution is 2.21. The Morgan fingerprint density at radius 2 is 2.18 bits per heavy atom. The van der Waals surface area contributed by atoms with Crippen molar-refractivity contribution >= 4 is 21.5 Å². The molecular weight excluding hydrogens is 244 g/mol. The van der Waals surface area contributed by atoms with Crippen LogP contribution in [0.5, 0.6) is 0 Å². The van der Waals surface area contributed by atoms with Crippen LogP contribution in [0.1, 0.15) is 5.69 Å². The molecule has 0 aromatic carbocycles. The highest BCUT2D eigenvalue weighted by molar-refractivity contribution is 7.92. The summed E-state index contributed by atoms with van der Waals surface area (Å²) < 4.78 is 27.8. The quantitative estimate of drug-likeness (QED) is 0.704. The predicted molar refractivity (Wildman–Crippen MR) is 61.8 cm³/mol. The van der Waals surface area contributed by atoms with Crippen molar-refractivity contribution in [3.63, 3.8) is 0 Å². The number of H-pyrrole nitrogens is 1. The zero-order valence-electron chi connectivity index (χ0n) is 9.30. The van der Waals surface area contributed by atoms with E-state index in [1.807, 2.05) is 0 Å². The lowest BCUT2D eigenvalue weighted by atomic mass is 10.5. The summed E-state index contributed by atoms with van der Waals surface area (Å²) in [5.74, 6) is 0.227. The number of sulfonamides is 1. The molecule has 4 N–H and O–H groups in total.